The molecule has 3 rings (SSSR count). The first kappa shape index (κ1) is 13.9. The zero-order valence-corrected chi connectivity index (χ0v) is 13.5. The van der Waals surface area contributed by atoms with Crippen LogP contribution < -0.4 is 4.90 Å². The van der Waals surface area contributed by atoms with Gasteiger partial charge in [0.15, 0.2) is 5.76 Å². The van der Waals surface area contributed by atoms with Crippen LogP contribution in [0.15, 0.2) is 63.6 Å². The van der Waals surface area contributed by atoms with Gasteiger partial charge in [-0.2, -0.15) is 0 Å². The van der Waals surface area contributed by atoms with Crippen LogP contribution in [0.4, 0.5) is 5.69 Å². The van der Waals surface area contributed by atoms with Gasteiger partial charge in [0.05, 0.1) is 6.20 Å². The van der Waals surface area contributed by atoms with Crippen molar-refractivity contribution in [2.45, 2.75) is 0 Å². The molecule has 0 radical (unpaired) electrons. The summed E-state index contributed by atoms with van der Waals surface area (Å²) in [7, 11) is 4.04. The molecule has 3 aromatic rings. The molecule has 0 amide bonds. The van der Waals surface area contributed by atoms with Crippen LogP contribution in [0.3, 0.4) is 0 Å². The van der Waals surface area contributed by atoms with Crippen LogP contribution in [0.1, 0.15) is 0 Å². The predicted octanol–water partition coefficient (Wildman–Crippen LogP) is 4.84. The topological polar surface area (TPSA) is 29.3 Å². The van der Waals surface area contributed by atoms with E-state index in [1.165, 1.54) is 0 Å². The number of oxazole rings is 1. The van der Waals surface area contributed by atoms with Crippen molar-refractivity contribution >= 4 is 21.6 Å². The molecular weight excluding hydrogens is 328 g/mol. The van der Waals surface area contributed by atoms with Gasteiger partial charge >= 0.3 is 0 Å². The van der Waals surface area contributed by atoms with E-state index in [0.29, 0.717) is 5.89 Å². The Balaban J connectivity index is 1.89. The lowest BCUT2D eigenvalue weighted by atomic mass is 10.2. The normalized spacial score (nSPS) is 10.6. The first-order valence-corrected chi connectivity index (χ1v) is 7.42. The quantitative estimate of drug-likeness (QED) is 0.682. The highest BCUT2D eigenvalue weighted by atomic mass is 79.9. The Morgan fingerprint density at radius 2 is 1.52 bits per heavy atom. The maximum absolute atomic E-state index is 5.86. The zero-order valence-electron chi connectivity index (χ0n) is 11.9. The average molecular weight is 343 g/mol. The molecule has 21 heavy (non-hydrogen) atoms. The summed E-state index contributed by atoms with van der Waals surface area (Å²) in [4.78, 5) is 6.43. The summed E-state index contributed by atoms with van der Waals surface area (Å²) in [5.74, 6) is 1.41. The largest absolute Gasteiger partial charge is 0.436 e. The van der Waals surface area contributed by atoms with Gasteiger partial charge in [-0.1, -0.05) is 28.1 Å². The lowest BCUT2D eigenvalue weighted by molar-refractivity contribution is 0.589. The first-order chi connectivity index (χ1) is 10.1. The highest BCUT2D eigenvalue weighted by molar-refractivity contribution is 9.10. The maximum Gasteiger partial charge on any atom is 0.226 e. The highest BCUT2D eigenvalue weighted by Crippen LogP contribution is 2.27. The molecule has 0 aliphatic heterocycles. The minimum absolute atomic E-state index is 0.637. The van der Waals surface area contributed by atoms with E-state index in [9.17, 15) is 0 Å². The van der Waals surface area contributed by atoms with E-state index in [1.54, 1.807) is 6.20 Å². The van der Waals surface area contributed by atoms with Crippen LogP contribution in [0, 0.1) is 0 Å². The van der Waals surface area contributed by atoms with Crippen molar-refractivity contribution in [1.82, 2.24) is 4.98 Å². The fourth-order valence-electron chi connectivity index (χ4n) is 2.06. The molecule has 2 aromatic carbocycles. The van der Waals surface area contributed by atoms with Crippen molar-refractivity contribution < 1.29 is 4.42 Å². The molecule has 0 fully saturated rings. The molecule has 0 aliphatic rings. The van der Waals surface area contributed by atoms with E-state index in [2.05, 4.69) is 37.9 Å². The Morgan fingerprint density at radius 1 is 0.905 bits per heavy atom. The fraction of sp³-hybridized carbons (Fsp3) is 0.118. The lowest BCUT2D eigenvalue weighted by Gasteiger charge is -2.11. The molecule has 0 N–H and O–H groups in total. The van der Waals surface area contributed by atoms with E-state index >= 15 is 0 Å². The van der Waals surface area contributed by atoms with Gasteiger partial charge in [0.1, 0.15) is 0 Å². The number of anilines is 1. The second-order valence-electron chi connectivity index (χ2n) is 4.98. The monoisotopic (exact) mass is 342 g/mol. The molecule has 0 bridgehead atoms. The molecule has 0 aliphatic carbocycles. The van der Waals surface area contributed by atoms with Gasteiger partial charge in [-0.25, -0.2) is 4.98 Å². The highest BCUT2D eigenvalue weighted by Gasteiger charge is 2.08. The number of nitrogens with zero attached hydrogens (tertiary/aromatic N) is 2. The fourth-order valence-corrected chi connectivity index (χ4v) is 2.32. The smallest absolute Gasteiger partial charge is 0.226 e. The molecular formula is C17H15BrN2O. The Bertz CT molecular complexity index is 730. The number of aromatic nitrogens is 1. The summed E-state index contributed by atoms with van der Waals surface area (Å²) in [5, 5.41) is 0. The van der Waals surface area contributed by atoms with Gasteiger partial charge in [0, 0.05) is 35.4 Å². The van der Waals surface area contributed by atoms with Crippen molar-refractivity contribution in [3.8, 4) is 22.8 Å². The number of hydrogen-bond donors (Lipinski definition) is 0. The Kier molecular flexibility index (Phi) is 3.80. The third-order valence-corrected chi connectivity index (χ3v) is 3.79. The van der Waals surface area contributed by atoms with Crippen molar-refractivity contribution in [3.05, 3.63) is 59.2 Å². The second kappa shape index (κ2) is 5.74. The summed E-state index contributed by atoms with van der Waals surface area (Å²) < 4.78 is 6.90. The number of rotatable bonds is 3. The molecule has 106 valence electrons. The van der Waals surface area contributed by atoms with Crippen molar-refractivity contribution in [3.63, 3.8) is 0 Å². The maximum atomic E-state index is 5.86. The van der Waals surface area contributed by atoms with E-state index < -0.39 is 0 Å². The van der Waals surface area contributed by atoms with Crippen molar-refractivity contribution in [2.75, 3.05) is 19.0 Å². The standard InChI is InChI=1S/C17H15BrN2O/c1-20(2)15-9-5-13(6-10-15)17-19-11-16(21-17)12-3-7-14(18)8-4-12/h3-11H,1-2H3. The van der Waals surface area contributed by atoms with Crippen LogP contribution in [0.5, 0.6) is 0 Å². The van der Waals surface area contributed by atoms with Crippen LogP contribution in [0.25, 0.3) is 22.8 Å². The number of hydrogen-bond acceptors (Lipinski definition) is 3. The molecule has 1 heterocycles. The van der Waals surface area contributed by atoms with Crippen molar-refractivity contribution in [1.29, 1.82) is 0 Å². The lowest BCUT2D eigenvalue weighted by Crippen LogP contribution is -2.07. The number of halogens is 1. The average Bonchev–Trinajstić information content (AvgIpc) is 2.98. The van der Waals surface area contributed by atoms with E-state index in [0.717, 1.165) is 27.0 Å². The van der Waals surface area contributed by atoms with E-state index in [-0.39, 0.29) is 0 Å². The minimum Gasteiger partial charge on any atom is -0.436 e. The first-order valence-electron chi connectivity index (χ1n) is 6.63. The van der Waals surface area contributed by atoms with Crippen LogP contribution in [-0.2, 0) is 0 Å². The molecule has 0 saturated heterocycles. The molecule has 0 atom stereocenters. The van der Waals surface area contributed by atoms with Crippen LogP contribution >= 0.6 is 15.9 Å². The summed E-state index contributed by atoms with van der Waals surface area (Å²) in [6, 6.07) is 16.1. The Labute approximate surface area is 132 Å². The third-order valence-electron chi connectivity index (χ3n) is 3.27. The van der Waals surface area contributed by atoms with E-state index in [4.69, 9.17) is 4.42 Å². The second-order valence-corrected chi connectivity index (χ2v) is 5.89. The molecule has 4 heteroatoms. The molecule has 3 nitrogen and oxygen atoms in total. The van der Waals surface area contributed by atoms with Crippen LogP contribution in [-0.4, -0.2) is 19.1 Å². The minimum atomic E-state index is 0.637. The summed E-state index contributed by atoms with van der Waals surface area (Å²) in [6.45, 7) is 0. The summed E-state index contributed by atoms with van der Waals surface area (Å²) in [5.41, 5.74) is 3.14. The summed E-state index contributed by atoms with van der Waals surface area (Å²) >= 11 is 3.43. The van der Waals surface area contributed by atoms with Gasteiger partial charge in [0.25, 0.3) is 0 Å². The zero-order chi connectivity index (χ0) is 14.8. The summed E-state index contributed by atoms with van der Waals surface area (Å²) in [6.07, 6.45) is 1.76. The Morgan fingerprint density at radius 3 is 2.14 bits per heavy atom. The van der Waals surface area contributed by atoms with Gasteiger partial charge in [-0.05, 0) is 36.4 Å². The number of benzene rings is 2. The van der Waals surface area contributed by atoms with Gasteiger partial charge in [-0.15, -0.1) is 0 Å². The molecule has 1 aromatic heterocycles. The predicted molar refractivity (Wildman–Crippen MR) is 89.4 cm³/mol. The SMILES string of the molecule is CN(C)c1ccc(-c2ncc(-c3ccc(Br)cc3)o2)cc1. The van der Waals surface area contributed by atoms with E-state index in [1.807, 2.05) is 50.5 Å². The van der Waals surface area contributed by atoms with Gasteiger partial charge in [0.2, 0.25) is 5.89 Å². The molecule has 0 saturated carbocycles. The van der Waals surface area contributed by atoms with Gasteiger partial charge < -0.3 is 9.32 Å². The molecule has 0 spiro atoms. The van der Waals surface area contributed by atoms with Crippen LogP contribution in [0.2, 0.25) is 0 Å². The van der Waals surface area contributed by atoms with Crippen molar-refractivity contribution in [2.24, 2.45) is 0 Å². The third kappa shape index (κ3) is 3.00. The molecule has 0 unspecified atom stereocenters. The van der Waals surface area contributed by atoms with Gasteiger partial charge in [-0.3, -0.25) is 0 Å². The Hall–Kier alpha value is -2.07.